The minimum atomic E-state index is -0.532. The molecule has 3 N–H and O–H groups in total. The van der Waals surface area contributed by atoms with Crippen LogP contribution in [0.5, 0.6) is 0 Å². The number of aliphatic hydroxyl groups is 1. The molecule has 0 spiro atoms. The minimum absolute atomic E-state index is 0.0311. The summed E-state index contributed by atoms with van der Waals surface area (Å²) in [7, 11) is 0. The van der Waals surface area contributed by atoms with E-state index in [0.29, 0.717) is 23.8 Å². The molecule has 0 aromatic carbocycles. The molecule has 2 rings (SSSR count). The molecule has 0 heterocycles. The van der Waals surface area contributed by atoms with Crippen LogP contribution in [0.4, 0.5) is 0 Å². The Morgan fingerprint density at radius 2 is 1.63 bits per heavy atom. The third-order valence-electron chi connectivity index (χ3n) is 6.44. The highest BCUT2D eigenvalue weighted by molar-refractivity contribution is 5.07. The first-order valence-electron chi connectivity index (χ1n) is 8.17. The van der Waals surface area contributed by atoms with Crippen LogP contribution in [-0.2, 0) is 0 Å². The third-order valence-corrected chi connectivity index (χ3v) is 6.44. The Labute approximate surface area is 119 Å². The molecule has 2 aliphatic rings. The minimum Gasteiger partial charge on any atom is -0.389 e. The van der Waals surface area contributed by atoms with Crippen molar-refractivity contribution in [2.45, 2.75) is 78.2 Å². The zero-order valence-electron chi connectivity index (χ0n) is 13.3. The van der Waals surface area contributed by atoms with Gasteiger partial charge in [-0.05, 0) is 55.8 Å². The van der Waals surface area contributed by atoms with Gasteiger partial charge in [0.05, 0.1) is 5.60 Å². The molecule has 112 valence electrons. The molecule has 0 aromatic heterocycles. The maximum atomic E-state index is 11.5. The first-order valence-corrected chi connectivity index (χ1v) is 8.17. The second kappa shape index (κ2) is 5.04. The lowest BCUT2D eigenvalue weighted by atomic mass is 9.52. The van der Waals surface area contributed by atoms with E-state index in [9.17, 15) is 5.11 Å². The van der Waals surface area contributed by atoms with Crippen molar-refractivity contribution in [1.29, 1.82) is 0 Å². The van der Waals surface area contributed by atoms with Crippen LogP contribution in [-0.4, -0.2) is 17.3 Å². The van der Waals surface area contributed by atoms with Crippen LogP contribution < -0.4 is 5.73 Å². The van der Waals surface area contributed by atoms with Crippen molar-refractivity contribution in [2.75, 3.05) is 6.54 Å². The smallest absolute Gasteiger partial charge is 0.0743 e. The topological polar surface area (TPSA) is 46.2 Å². The highest BCUT2D eigenvalue weighted by Crippen LogP contribution is 2.56. The van der Waals surface area contributed by atoms with Gasteiger partial charge in [-0.2, -0.15) is 0 Å². The molecule has 2 nitrogen and oxygen atoms in total. The molecule has 2 saturated carbocycles. The Balaban J connectivity index is 2.25. The molecular weight excluding hydrogens is 234 g/mol. The average Bonchev–Trinajstić information content (AvgIpc) is 2.35. The fraction of sp³-hybridized carbons (Fsp3) is 1.00. The van der Waals surface area contributed by atoms with Crippen LogP contribution in [0.3, 0.4) is 0 Å². The van der Waals surface area contributed by atoms with E-state index in [1.807, 2.05) is 0 Å². The van der Waals surface area contributed by atoms with E-state index < -0.39 is 5.60 Å². The SMILES string of the molecule is CC1CCC(C)C(O)(C2(CN)CCC(C)(C)CC2)C1. The van der Waals surface area contributed by atoms with Gasteiger partial charge in [0.1, 0.15) is 0 Å². The zero-order valence-corrected chi connectivity index (χ0v) is 13.3. The van der Waals surface area contributed by atoms with Gasteiger partial charge >= 0.3 is 0 Å². The van der Waals surface area contributed by atoms with Crippen LogP contribution in [0.1, 0.15) is 72.6 Å². The molecular formula is C17H33NO. The number of rotatable bonds is 2. The van der Waals surface area contributed by atoms with Crippen molar-refractivity contribution in [3.05, 3.63) is 0 Å². The number of hydrogen-bond donors (Lipinski definition) is 2. The lowest BCUT2D eigenvalue weighted by Crippen LogP contribution is -2.60. The Kier molecular flexibility index (Phi) is 4.06. The largest absolute Gasteiger partial charge is 0.389 e. The van der Waals surface area contributed by atoms with Gasteiger partial charge in [-0.25, -0.2) is 0 Å². The van der Waals surface area contributed by atoms with Crippen molar-refractivity contribution in [2.24, 2.45) is 28.4 Å². The quantitative estimate of drug-likeness (QED) is 0.801. The van der Waals surface area contributed by atoms with Crippen molar-refractivity contribution >= 4 is 0 Å². The summed E-state index contributed by atoms with van der Waals surface area (Å²) in [6.07, 6.45) is 7.97. The molecule has 0 saturated heterocycles. The lowest BCUT2D eigenvalue weighted by Gasteiger charge is -2.57. The first kappa shape index (κ1) is 15.3. The zero-order chi connectivity index (χ0) is 14.3. The van der Waals surface area contributed by atoms with E-state index in [1.165, 1.54) is 19.3 Å². The van der Waals surface area contributed by atoms with Gasteiger partial charge in [-0.15, -0.1) is 0 Å². The summed E-state index contributed by atoms with van der Waals surface area (Å²) in [4.78, 5) is 0. The summed E-state index contributed by atoms with van der Waals surface area (Å²) < 4.78 is 0. The van der Waals surface area contributed by atoms with E-state index in [-0.39, 0.29) is 5.41 Å². The van der Waals surface area contributed by atoms with Crippen molar-refractivity contribution < 1.29 is 5.11 Å². The van der Waals surface area contributed by atoms with Crippen LogP contribution >= 0.6 is 0 Å². The molecule has 0 radical (unpaired) electrons. The summed E-state index contributed by atoms with van der Waals surface area (Å²) in [5.41, 5.74) is 6.06. The molecule has 0 aromatic rings. The van der Waals surface area contributed by atoms with E-state index >= 15 is 0 Å². The molecule has 19 heavy (non-hydrogen) atoms. The normalized spacial score (nSPS) is 42.0. The first-order chi connectivity index (χ1) is 8.75. The highest BCUT2D eigenvalue weighted by atomic mass is 16.3. The summed E-state index contributed by atoms with van der Waals surface area (Å²) in [5.74, 6) is 1.04. The van der Waals surface area contributed by atoms with Gasteiger partial charge in [0.15, 0.2) is 0 Å². The van der Waals surface area contributed by atoms with Gasteiger partial charge in [0, 0.05) is 12.0 Å². The fourth-order valence-electron chi connectivity index (χ4n) is 4.57. The Bertz CT molecular complexity index is 315. The molecule has 2 fully saturated rings. The summed E-state index contributed by atoms with van der Waals surface area (Å²) in [6.45, 7) is 9.88. The number of nitrogens with two attached hydrogens (primary N) is 1. The van der Waals surface area contributed by atoms with Crippen molar-refractivity contribution in [1.82, 2.24) is 0 Å². The second-order valence-corrected chi connectivity index (χ2v) is 8.36. The van der Waals surface area contributed by atoms with Crippen LogP contribution in [0.2, 0.25) is 0 Å². The third kappa shape index (κ3) is 2.58. The Morgan fingerprint density at radius 1 is 1.05 bits per heavy atom. The average molecular weight is 267 g/mol. The van der Waals surface area contributed by atoms with E-state index in [1.54, 1.807) is 0 Å². The molecule has 0 amide bonds. The van der Waals surface area contributed by atoms with Gasteiger partial charge in [-0.1, -0.05) is 34.1 Å². The second-order valence-electron chi connectivity index (χ2n) is 8.36. The monoisotopic (exact) mass is 267 g/mol. The summed E-state index contributed by atoms with van der Waals surface area (Å²) in [5, 5.41) is 11.5. The Hall–Kier alpha value is -0.0800. The van der Waals surface area contributed by atoms with Crippen molar-refractivity contribution in [3.8, 4) is 0 Å². The molecule has 2 aliphatic carbocycles. The Morgan fingerprint density at radius 3 is 2.16 bits per heavy atom. The molecule has 0 bridgehead atoms. The molecule has 3 unspecified atom stereocenters. The summed E-state index contributed by atoms with van der Waals surface area (Å²) in [6, 6.07) is 0. The van der Waals surface area contributed by atoms with Crippen LogP contribution in [0.15, 0.2) is 0 Å². The van der Waals surface area contributed by atoms with Gasteiger partial charge in [0.25, 0.3) is 0 Å². The predicted molar refractivity (Wildman–Crippen MR) is 80.9 cm³/mol. The van der Waals surface area contributed by atoms with Crippen LogP contribution in [0.25, 0.3) is 0 Å². The maximum Gasteiger partial charge on any atom is 0.0743 e. The van der Waals surface area contributed by atoms with E-state index in [0.717, 1.165) is 25.7 Å². The molecule has 2 heteroatoms. The molecule has 3 atom stereocenters. The maximum absolute atomic E-state index is 11.5. The highest BCUT2D eigenvalue weighted by Gasteiger charge is 2.55. The molecule has 0 aliphatic heterocycles. The van der Waals surface area contributed by atoms with Crippen LogP contribution in [0, 0.1) is 22.7 Å². The van der Waals surface area contributed by atoms with Gasteiger partial charge in [-0.3, -0.25) is 0 Å². The lowest BCUT2D eigenvalue weighted by molar-refractivity contribution is -0.170. The van der Waals surface area contributed by atoms with Gasteiger partial charge < -0.3 is 10.8 Å². The fourth-order valence-corrected chi connectivity index (χ4v) is 4.57. The van der Waals surface area contributed by atoms with E-state index in [4.69, 9.17) is 5.73 Å². The predicted octanol–water partition coefficient (Wildman–Crippen LogP) is 3.72. The summed E-state index contributed by atoms with van der Waals surface area (Å²) >= 11 is 0. The van der Waals surface area contributed by atoms with E-state index in [2.05, 4.69) is 27.7 Å². The van der Waals surface area contributed by atoms with Crippen molar-refractivity contribution in [3.63, 3.8) is 0 Å². The standard InChI is InChI=1S/C17H33NO/c1-13-5-6-14(2)17(19,11-13)16(12-18)9-7-15(3,4)8-10-16/h13-14,19H,5-12,18H2,1-4H3. The number of hydrogen-bond acceptors (Lipinski definition) is 2. The van der Waals surface area contributed by atoms with Gasteiger partial charge in [0.2, 0.25) is 0 Å².